The van der Waals surface area contributed by atoms with Crippen LogP contribution in [0.2, 0.25) is 0 Å². The van der Waals surface area contributed by atoms with Crippen LogP contribution in [0.4, 0.5) is 4.39 Å². The van der Waals surface area contributed by atoms with E-state index in [-0.39, 0.29) is 23.7 Å². The first-order valence-electron chi connectivity index (χ1n) is 7.33. The second-order valence-electron chi connectivity index (χ2n) is 5.71. The maximum Gasteiger partial charge on any atom is 0.228 e. The molecule has 1 saturated heterocycles. The molecule has 0 radical (unpaired) electrons. The Morgan fingerprint density at radius 1 is 1.45 bits per heavy atom. The maximum atomic E-state index is 13.3. The molecule has 2 aliphatic rings. The highest BCUT2D eigenvalue weighted by atomic mass is 19.1. The molecule has 1 fully saturated rings. The lowest BCUT2D eigenvalue weighted by atomic mass is 9.91. The van der Waals surface area contributed by atoms with Crippen LogP contribution in [0.25, 0.3) is 0 Å². The molecule has 0 aliphatic carbocycles. The predicted octanol–water partition coefficient (Wildman–Crippen LogP) is 2.70. The number of rotatable bonds is 1. The third-order valence-electron chi connectivity index (χ3n) is 4.44. The number of carbonyl (C=O) groups excluding carboxylic acids is 1. The van der Waals surface area contributed by atoms with Gasteiger partial charge in [-0.2, -0.15) is 0 Å². The van der Waals surface area contributed by atoms with Crippen LogP contribution in [-0.2, 0) is 16.0 Å². The highest BCUT2D eigenvalue weighted by Gasteiger charge is 2.32. The number of hydrogen-bond donors (Lipinski definition) is 0. The Morgan fingerprint density at radius 3 is 3.05 bits per heavy atom. The highest BCUT2D eigenvalue weighted by molar-refractivity contribution is 5.80. The van der Waals surface area contributed by atoms with E-state index >= 15 is 0 Å². The smallest absolute Gasteiger partial charge is 0.228 e. The topological polar surface area (TPSA) is 29.5 Å². The van der Waals surface area contributed by atoms with Gasteiger partial charge in [0.2, 0.25) is 5.91 Å². The number of hydrogen-bond acceptors (Lipinski definition) is 2. The second kappa shape index (κ2) is 5.52. The van der Waals surface area contributed by atoms with Crippen LogP contribution < -0.4 is 0 Å². The standard InChI is InChI=1S/C16H20FNO2/c1-11-15-5-4-14(17)9-12(15)6-7-18(11)16(19)13-3-2-8-20-10-13/h4-5,9,11,13H,2-3,6-8,10H2,1H3. The zero-order valence-electron chi connectivity index (χ0n) is 11.8. The number of benzene rings is 1. The van der Waals surface area contributed by atoms with Crippen LogP contribution in [-0.4, -0.2) is 30.6 Å². The van der Waals surface area contributed by atoms with Gasteiger partial charge >= 0.3 is 0 Å². The van der Waals surface area contributed by atoms with Crippen LogP contribution in [0.5, 0.6) is 0 Å². The molecule has 4 heteroatoms. The Labute approximate surface area is 118 Å². The van der Waals surface area contributed by atoms with Crippen LogP contribution in [0, 0.1) is 11.7 Å². The molecule has 0 bridgehead atoms. The fourth-order valence-electron chi connectivity index (χ4n) is 3.27. The zero-order chi connectivity index (χ0) is 14.1. The Kier molecular flexibility index (Phi) is 3.74. The Balaban J connectivity index is 1.79. The van der Waals surface area contributed by atoms with E-state index in [0.717, 1.165) is 37.0 Å². The molecule has 20 heavy (non-hydrogen) atoms. The number of fused-ring (bicyclic) bond motifs is 1. The number of halogens is 1. The molecular weight excluding hydrogens is 257 g/mol. The first-order chi connectivity index (χ1) is 9.66. The summed E-state index contributed by atoms with van der Waals surface area (Å²) in [4.78, 5) is 14.5. The van der Waals surface area contributed by atoms with Crippen LogP contribution in [0.15, 0.2) is 18.2 Å². The Bertz CT molecular complexity index is 511. The first-order valence-corrected chi connectivity index (χ1v) is 7.33. The molecule has 108 valence electrons. The van der Waals surface area contributed by atoms with Crippen molar-refractivity contribution in [3.05, 3.63) is 35.1 Å². The fraction of sp³-hybridized carbons (Fsp3) is 0.562. The van der Waals surface area contributed by atoms with Crippen LogP contribution in [0.3, 0.4) is 0 Å². The van der Waals surface area contributed by atoms with Gasteiger partial charge in [0.1, 0.15) is 5.82 Å². The van der Waals surface area contributed by atoms with E-state index in [2.05, 4.69) is 0 Å². The number of amides is 1. The van der Waals surface area contributed by atoms with Gasteiger partial charge in [0.15, 0.2) is 0 Å². The summed E-state index contributed by atoms with van der Waals surface area (Å²) >= 11 is 0. The Morgan fingerprint density at radius 2 is 2.30 bits per heavy atom. The quantitative estimate of drug-likeness (QED) is 0.790. The molecule has 2 aliphatic heterocycles. The van der Waals surface area contributed by atoms with E-state index in [0.29, 0.717) is 13.2 Å². The summed E-state index contributed by atoms with van der Waals surface area (Å²) < 4.78 is 18.7. The van der Waals surface area contributed by atoms with Gasteiger partial charge < -0.3 is 9.64 Å². The number of ether oxygens (including phenoxy) is 1. The lowest BCUT2D eigenvalue weighted by molar-refractivity contribution is -0.142. The molecule has 2 atom stereocenters. The van der Waals surface area contributed by atoms with Crippen molar-refractivity contribution in [3.63, 3.8) is 0 Å². The van der Waals surface area contributed by atoms with E-state index in [9.17, 15) is 9.18 Å². The molecule has 1 amide bonds. The van der Waals surface area contributed by atoms with E-state index in [1.54, 1.807) is 6.07 Å². The molecule has 0 aromatic heterocycles. The lowest BCUT2D eigenvalue weighted by Crippen LogP contribution is -2.44. The minimum atomic E-state index is -0.198. The lowest BCUT2D eigenvalue weighted by Gasteiger charge is -2.38. The minimum absolute atomic E-state index is 0.00630. The molecule has 3 rings (SSSR count). The third kappa shape index (κ3) is 2.44. The summed E-state index contributed by atoms with van der Waals surface area (Å²) in [5.74, 6) is -0.0169. The fourth-order valence-corrected chi connectivity index (χ4v) is 3.27. The van der Waals surface area contributed by atoms with Crippen molar-refractivity contribution in [2.75, 3.05) is 19.8 Å². The summed E-state index contributed by atoms with van der Waals surface area (Å²) in [5, 5.41) is 0. The van der Waals surface area contributed by atoms with Gasteiger partial charge in [0.05, 0.1) is 18.6 Å². The van der Waals surface area contributed by atoms with Gasteiger partial charge in [0, 0.05) is 13.2 Å². The largest absolute Gasteiger partial charge is 0.381 e. The van der Waals surface area contributed by atoms with Crippen molar-refractivity contribution >= 4 is 5.91 Å². The molecule has 0 spiro atoms. The van der Waals surface area contributed by atoms with Gasteiger partial charge in [-0.1, -0.05) is 6.07 Å². The average molecular weight is 277 g/mol. The van der Waals surface area contributed by atoms with Crippen molar-refractivity contribution < 1.29 is 13.9 Å². The van der Waals surface area contributed by atoms with Crippen molar-refractivity contribution in [3.8, 4) is 0 Å². The van der Waals surface area contributed by atoms with Crippen molar-refractivity contribution in [1.82, 2.24) is 4.90 Å². The SMILES string of the molecule is CC1c2ccc(F)cc2CCN1C(=O)C1CCCOC1. The normalized spacial score (nSPS) is 26.2. The van der Waals surface area contributed by atoms with E-state index < -0.39 is 0 Å². The van der Waals surface area contributed by atoms with Crippen molar-refractivity contribution in [2.45, 2.75) is 32.2 Å². The van der Waals surface area contributed by atoms with Crippen LogP contribution >= 0.6 is 0 Å². The first kappa shape index (κ1) is 13.6. The molecule has 0 N–H and O–H groups in total. The highest BCUT2D eigenvalue weighted by Crippen LogP contribution is 2.32. The molecule has 1 aromatic carbocycles. The second-order valence-corrected chi connectivity index (χ2v) is 5.71. The monoisotopic (exact) mass is 277 g/mol. The van der Waals surface area contributed by atoms with Gasteiger partial charge in [-0.05, 0) is 49.4 Å². The predicted molar refractivity (Wildman–Crippen MR) is 73.8 cm³/mol. The Hall–Kier alpha value is -1.42. The van der Waals surface area contributed by atoms with Crippen molar-refractivity contribution in [2.24, 2.45) is 5.92 Å². The van der Waals surface area contributed by atoms with E-state index in [1.807, 2.05) is 17.9 Å². The molecule has 1 aromatic rings. The zero-order valence-corrected chi connectivity index (χ0v) is 11.8. The number of carbonyl (C=O) groups is 1. The van der Waals surface area contributed by atoms with E-state index in [4.69, 9.17) is 4.74 Å². The van der Waals surface area contributed by atoms with Crippen molar-refractivity contribution in [1.29, 1.82) is 0 Å². The summed E-state index contributed by atoms with van der Waals surface area (Å²) in [6.45, 7) is 4.00. The maximum absolute atomic E-state index is 13.3. The minimum Gasteiger partial charge on any atom is -0.381 e. The van der Waals surface area contributed by atoms with Gasteiger partial charge in [-0.3, -0.25) is 4.79 Å². The molecule has 2 unspecified atom stereocenters. The summed E-state index contributed by atoms with van der Waals surface area (Å²) in [5.41, 5.74) is 2.10. The molecular formula is C16H20FNO2. The third-order valence-corrected chi connectivity index (χ3v) is 4.44. The molecule has 0 saturated carbocycles. The van der Waals surface area contributed by atoms with E-state index in [1.165, 1.54) is 6.07 Å². The van der Waals surface area contributed by atoms with Crippen LogP contribution in [0.1, 0.15) is 36.9 Å². The summed E-state index contributed by atoms with van der Waals surface area (Å²) in [6, 6.07) is 4.91. The van der Waals surface area contributed by atoms with Gasteiger partial charge in [-0.25, -0.2) is 4.39 Å². The summed E-state index contributed by atoms with van der Waals surface area (Å²) in [7, 11) is 0. The summed E-state index contributed by atoms with van der Waals surface area (Å²) in [6.07, 6.45) is 2.61. The van der Waals surface area contributed by atoms with Gasteiger partial charge in [0.25, 0.3) is 0 Å². The number of nitrogens with zero attached hydrogens (tertiary/aromatic N) is 1. The molecule has 2 heterocycles. The average Bonchev–Trinajstić information content (AvgIpc) is 2.48. The van der Waals surface area contributed by atoms with Gasteiger partial charge in [-0.15, -0.1) is 0 Å². The molecule has 3 nitrogen and oxygen atoms in total.